The van der Waals surface area contributed by atoms with Gasteiger partial charge < -0.3 is 4.74 Å². The Morgan fingerprint density at radius 1 is 0.950 bits per heavy atom. The summed E-state index contributed by atoms with van der Waals surface area (Å²) in [6.07, 6.45) is -0.267. The van der Waals surface area contributed by atoms with Gasteiger partial charge in [0, 0.05) is 12.7 Å². The highest BCUT2D eigenvalue weighted by molar-refractivity contribution is 6.00. The molecule has 0 aliphatic rings. The number of benzene rings is 2. The first-order valence-corrected chi connectivity index (χ1v) is 6.75. The third-order valence-electron chi connectivity index (χ3n) is 3.61. The summed E-state index contributed by atoms with van der Waals surface area (Å²) in [6, 6.07) is 19.2. The number of hydrogen-bond acceptors (Lipinski definition) is 2. The average molecular weight is 268 g/mol. The molecule has 1 atom stereocenters. The number of carbonyl (C=O) groups excluding carboxylic acids is 1. The molecule has 2 aromatic rings. The van der Waals surface area contributed by atoms with E-state index in [4.69, 9.17) is 4.74 Å². The van der Waals surface area contributed by atoms with Gasteiger partial charge >= 0.3 is 0 Å². The van der Waals surface area contributed by atoms with Crippen LogP contribution in [0.15, 0.2) is 60.7 Å². The second-order valence-electron chi connectivity index (χ2n) is 5.44. The molecule has 0 saturated heterocycles. The molecule has 0 aromatic heterocycles. The highest BCUT2D eigenvalue weighted by Gasteiger charge is 2.38. The number of rotatable bonds is 5. The summed E-state index contributed by atoms with van der Waals surface area (Å²) in [4.78, 5) is 12.8. The van der Waals surface area contributed by atoms with E-state index in [9.17, 15) is 4.79 Å². The Morgan fingerprint density at radius 2 is 1.45 bits per heavy atom. The molecule has 0 aliphatic carbocycles. The van der Waals surface area contributed by atoms with Crippen LogP contribution in [0.2, 0.25) is 0 Å². The van der Waals surface area contributed by atoms with Crippen LogP contribution in [0.25, 0.3) is 0 Å². The molecule has 104 valence electrons. The van der Waals surface area contributed by atoms with Crippen molar-refractivity contribution in [2.45, 2.75) is 20.0 Å². The van der Waals surface area contributed by atoms with E-state index in [0.717, 1.165) is 11.1 Å². The van der Waals surface area contributed by atoms with Crippen LogP contribution < -0.4 is 0 Å². The van der Waals surface area contributed by atoms with Crippen molar-refractivity contribution in [3.05, 3.63) is 71.8 Å². The number of ether oxygens (including phenoxy) is 1. The van der Waals surface area contributed by atoms with Gasteiger partial charge in [-0.2, -0.15) is 0 Å². The van der Waals surface area contributed by atoms with Gasteiger partial charge in [0.1, 0.15) is 0 Å². The maximum absolute atomic E-state index is 12.8. The summed E-state index contributed by atoms with van der Waals surface area (Å²) in [5, 5.41) is 0. The van der Waals surface area contributed by atoms with Gasteiger partial charge in [0.15, 0.2) is 5.78 Å². The lowest BCUT2D eigenvalue weighted by atomic mass is 9.76. The molecular formula is C18H20O2. The molecule has 2 heteroatoms. The van der Waals surface area contributed by atoms with E-state index in [1.165, 1.54) is 0 Å². The SMILES string of the molecule is COC(c1ccccc1)C(C)(C)C(=O)c1ccccc1. The molecule has 2 rings (SSSR count). The van der Waals surface area contributed by atoms with Gasteiger partial charge in [0.05, 0.1) is 11.5 Å². The van der Waals surface area contributed by atoms with Gasteiger partial charge in [-0.1, -0.05) is 60.7 Å². The minimum atomic E-state index is -0.628. The zero-order valence-electron chi connectivity index (χ0n) is 12.2. The summed E-state index contributed by atoms with van der Waals surface area (Å²) in [5.41, 5.74) is 1.11. The Hall–Kier alpha value is -1.93. The molecular weight excluding hydrogens is 248 g/mol. The summed E-state index contributed by atoms with van der Waals surface area (Å²) in [7, 11) is 1.65. The van der Waals surface area contributed by atoms with Gasteiger partial charge in [-0.15, -0.1) is 0 Å². The molecule has 2 aromatic carbocycles. The van der Waals surface area contributed by atoms with E-state index >= 15 is 0 Å². The van der Waals surface area contributed by atoms with Gasteiger partial charge in [-0.3, -0.25) is 4.79 Å². The predicted molar refractivity (Wildman–Crippen MR) is 80.7 cm³/mol. The van der Waals surface area contributed by atoms with Gasteiger partial charge in [0.2, 0.25) is 0 Å². The van der Waals surface area contributed by atoms with Crippen molar-refractivity contribution in [1.82, 2.24) is 0 Å². The Balaban J connectivity index is 2.35. The molecule has 0 saturated carbocycles. The quantitative estimate of drug-likeness (QED) is 0.756. The van der Waals surface area contributed by atoms with Gasteiger partial charge in [0.25, 0.3) is 0 Å². The number of carbonyl (C=O) groups is 1. The fourth-order valence-electron chi connectivity index (χ4n) is 2.56. The van der Waals surface area contributed by atoms with Crippen LogP contribution in [-0.2, 0) is 4.74 Å². The Morgan fingerprint density at radius 3 is 1.95 bits per heavy atom. The third-order valence-corrected chi connectivity index (χ3v) is 3.61. The first-order valence-electron chi connectivity index (χ1n) is 6.75. The van der Waals surface area contributed by atoms with Crippen LogP contribution in [-0.4, -0.2) is 12.9 Å². The van der Waals surface area contributed by atoms with Crippen LogP contribution in [0.1, 0.15) is 35.9 Å². The zero-order valence-corrected chi connectivity index (χ0v) is 12.2. The van der Waals surface area contributed by atoms with Crippen molar-refractivity contribution in [3.8, 4) is 0 Å². The summed E-state index contributed by atoms with van der Waals surface area (Å²) in [6.45, 7) is 3.87. The lowest BCUT2D eigenvalue weighted by molar-refractivity contribution is 0.0102. The minimum Gasteiger partial charge on any atom is -0.376 e. The second-order valence-corrected chi connectivity index (χ2v) is 5.44. The molecule has 0 N–H and O–H groups in total. The lowest BCUT2D eigenvalue weighted by Crippen LogP contribution is -2.32. The molecule has 0 amide bonds. The first-order chi connectivity index (χ1) is 9.57. The number of methoxy groups -OCH3 is 1. The Bertz CT molecular complexity index is 558. The fraction of sp³-hybridized carbons (Fsp3) is 0.278. The monoisotopic (exact) mass is 268 g/mol. The van der Waals surface area contributed by atoms with E-state index in [1.807, 2.05) is 74.5 Å². The lowest BCUT2D eigenvalue weighted by Gasteiger charge is -2.32. The first kappa shape index (κ1) is 14.5. The van der Waals surface area contributed by atoms with Crippen LogP contribution in [0.5, 0.6) is 0 Å². The van der Waals surface area contributed by atoms with Gasteiger partial charge in [-0.05, 0) is 19.4 Å². The van der Waals surface area contributed by atoms with Crippen molar-refractivity contribution in [3.63, 3.8) is 0 Å². The average Bonchev–Trinajstić information content (AvgIpc) is 2.49. The van der Waals surface area contributed by atoms with E-state index in [1.54, 1.807) is 7.11 Å². The molecule has 0 aliphatic heterocycles. The number of Topliss-reactive ketones (excluding diaryl/α,β-unsaturated/α-hetero) is 1. The van der Waals surface area contributed by atoms with Crippen molar-refractivity contribution >= 4 is 5.78 Å². The van der Waals surface area contributed by atoms with E-state index in [-0.39, 0.29) is 11.9 Å². The summed E-state index contributed by atoms with van der Waals surface area (Å²) in [5.74, 6) is 0.0915. The summed E-state index contributed by atoms with van der Waals surface area (Å²) >= 11 is 0. The standard InChI is InChI=1S/C18H20O2/c1-18(2,16(19)14-10-6-4-7-11-14)17(20-3)15-12-8-5-9-13-15/h4-13,17H,1-3H3. The Labute approximate surface area is 120 Å². The van der Waals surface area contributed by atoms with Crippen LogP contribution in [0.4, 0.5) is 0 Å². The Kier molecular flexibility index (Phi) is 4.35. The number of hydrogen-bond donors (Lipinski definition) is 0. The molecule has 2 nitrogen and oxygen atoms in total. The topological polar surface area (TPSA) is 26.3 Å². The molecule has 1 unspecified atom stereocenters. The number of ketones is 1. The predicted octanol–water partition coefficient (Wildman–Crippen LogP) is 4.28. The highest BCUT2D eigenvalue weighted by Crippen LogP contribution is 2.38. The molecule has 0 fully saturated rings. The van der Waals surface area contributed by atoms with Crippen molar-refractivity contribution < 1.29 is 9.53 Å². The molecule has 0 bridgehead atoms. The van der Waals surface area contributed by atoms with Gasteiger partial charge in [-0.25, -0.2) is 0 Å². The maximum Gasteiger partial charge on any atom is 0.171 e. The smallest absolute Gasteiger partial charge is 0.171 e. The van der Waals surface area contributed by atoms with Crippen LogP contribution >= 0.6 is 0 Å². The van der Waals surface area contributed by atoms with E-state index < -0.39 is 5.41 Å². The van der Waals surface area contributed by atoms with Crippen LogP contribution in [0, 0.1) is 5.41 Å². The van der Waals surface area contributed by atoms with E-state index in [2.05, 4.69) is 0 Å². The highest BCUT2D eigenvalue weighted by atomic mass is 16.5. The molecule has 0 spiro atoms. The molecule has 0 heterocycles. The second kappa shape index (κ2) is 6.02. The van der Waals surface area contributed by atoms with E-state index in [0.29, 0.717) is 0 Å². The largest absolute Gasteiger partial charge is 0.376 e. The summed E-state index contributed by atoms with van der Waals surface area (Å²) < 4.78 is 5.62. The third kappa shape index (κ3) is 2.81. The molecule has 20 heavy (non-hydrogen) atoms. The minimum absolute atomic E-state index is 0.0915. The maximum atomic E-state index is 12.8. The zero-order chi connectivity index (χ0) is 14.6. The molecule has 0 radical (unpaired) electrons. The van der Waals surface area contributed by atoms with Crippen molar-refractivity contribution in [2.75, 3.05) is 7.11 Å². The van der Waals surface area contributed by atoms with Crippen molar-refractivity contribution in [1.29, 1.82) is 0 Å². The van der Waals surface area contributed by atoms with Crippen LogP contribution in [0.3, 0.4) is 0 Å². The van der Waals surface area contributed by atoms with Crippen molar-refractivity contribution in [2.24, 2.45) is 5.41 Å². The normalized spacial score (nSPS) is 12.9. The fourth-order valence-corrected chi connectivity index (χ4v) is 2.56.